The van der Waals surface area contributed by atoms with Crippen molar-refractivity contribution in [3.8, 4) is 11.4 Å². The number of hydrogen-bond donors (Lipinski definition) is 3. The van der Waals surface area contributed by atoms with Crippen LogP contribution in [0.3, 0.4) is 0 Å². The van der Waals surface area contributed by atoms with Gasteiger partial charge in [-0.1, -0.05) is 43.5 Å². The molecule has 1 saturated carbocycles. The molecule has 0 bridgehead atoms. The summed E-state index contributed by atoms with van der Waals surface area (Å²) in [5.41, 5.74) is 7.42. The second kappa shape index (κ2) is 6.23. The van der Waals surface area contributed by atoms with Crippen molar-refractivity contribution in [3.05, 3.63) is 29.8 Å². The molecule has 0 aliphatic heterocycles. The standard InChI is InChI=1S/C15H20N6O/c16-15(8-2-1-3-9-15)14(22)17-10-11-4-6-12(7-5-11)13-18-20-21-19-13/h4-7H,1-3,8-10,16H2,(H,17,22)(H,18,19,20,21). The first-order valence-electron chi connectivity index (χ1n) is 7.57. The summed E-state index contributed by atoms with van der Waals surface area (Å²) < 4.78 is 0. The molecule has 116 valence electrons. The fraction of sp³-hybridized carbons (Fsp3) is 0.467. The highest BCUT2D eigenvalue weighted by molar-refractivity contribution is 5.86. The van der Waals surface area contributed by atoms with Crippen LogP contribution in [0, 0.1) is 0 Å². The summed E-state index contributed by atoms with van der Waals surface area (Å²) in [5, 5.41) is 16.8. The van der Waals surface area contributed by atoms with Gasteiger partial charge in [-0.25, -0.2) is 0 Å². The third kappa shape index (κ3) is 3.14. The normalized spacial score (nSPS) is 17.1. The number of tetrazole rings is 1. The molecule has 1 amide bonds. The van der Waals surface area contributed by atoms with Crippen molar-refractivity contribution in [2.24, 2.45) is 5.73 Å². The molecule has 2 aromatic rings. The van der Waals surface area contributed by atoms with Crippen LogP contribution in [-0.2, 0) is 11.3 Å². The molecule has 0 saturated heterocycles. The smallest absolute Gasteiger partial charge is 0.240 e. The number of aromatic nitrogens is 4. The van der Waals surface area contributed by atoms with E-state index < -0.39 is 5.54 Å². The number of nitrogens with two attached hydrogens (primary N) is 1. The Balaban J connectivity index is 1.58. The molecule has 1 fully saturated rings. The number of carbonyl (C=O) groups excluding carboxylic acids is 1. The lowest BCUT2D eigenvalue weighted by atomic mass is 9.82. The van der Waals surface area contributed by atoms with Gasteiger partial charge >= 0.3 is 0 Å². The van der Waals surface area contributed by atoms with E-state index >= 15 is 0 Å². The molecule has 1 aliphatic rings. The zero-order valence-corrected chi connectivity index (χ0v) is 12.4. The summed E-state index contributed by atoms with van der Waals surface area (Å²) in [4.78, 5) is 12.3. The third-order valence-corrected chi connectivity index (χ3v) is 4.21. The molecule has 7 heteroatoms. The molecule has 0 spiro atoms. The van der Waals surface area contributed by atoms with Crippen LogP contribution in [0.2, 0.25) is 0 Å². The molecule has 0 atom stereocenters. The Morgan fingerprint density at radius 1 is 1.23 bits per heavy atom. The Morgan fingerprint density at radius 3 is 2.59 bits per heavy atom. The summed E-state index contributed by atoms with van der Waals surface area (Å²) in [6.07, 6.45) is 4.78. The molecule has 3 rings (SSSR count). The Labute approximate surface area is 128 Å². The van der Waals surface area contributed by atoms with Crippen LogP contribution in [-0.4, -0.2) is 32.1 Å². The highest BCUT2D eigenvalue weighted by Crippen LogP contribution is 2.26. The summed E-state index contributed by atoms with van der Waals surface area (Å²) in [6.45, 7) is 0.476. The summed E-state index contributed by atoms with van der Waals surface area (Å²) in [6, 6.07) is 7.70. The zero-order chi connectivity index (χ0) is 15.4. The van der Waals surface area contributed by atoms with E-state index in [4.69, 9.17) is 5.73 Å². The van der Waals surface area contributed by atoms with Gasteiger partial charge in [0.1, 0.15) is 0 Å². The number of hydrogen-bond acceptors (Lipinski definition) is 5. The van der Waals surface area contributed by atoms with Gasteiger partial charge in [-0.15, -0.1) is 10.2 Å². The number of carbonyl (C=O) groups is 1. The number of amides is 1. The van der Waals surface area contributed by atoms with E-state index in [2.05, 4.69) is 25.9 Å². The highest BCUT2D eigenvalue weighted by atomic mass is 16.2. The van der Waals surface area contributed by atoms with E-state index in [9.17, 15) is 4.79 Å². The van der Waals surface area contributed by atoms with Crippen LogP contribution in [0.1, 0.15) is 37.7 Å². The molecule has 0 radical (unpaired) electrons. The minimum Gasteiger partial charge on any atom is -0.350 e. The number of rotatable bonds is 4. The van der Waals surface area contributed by atoms with Crippen molar-refractivity contribution in [1.82, 2.24) is 25.9 Å². The largest absolute Gasteiger partial charge is 0.350 e. The van der Waals surface area contributed by atoms with E-state index in [1.165, 1.54) is 6.42 Å². The Hall–Kier alpha value is -2.28. The number of nitrogens with one attached hydrogen (secondary N) is 2. The molecular weight excluding hydrogens is 280 g/mol. The van der Waals surface area contributed by atoms with Gasteiger partial charge in [-0.3, -0.25) is 4.79 Å². The molecule has 0 unspecified atom stereocenters. The fourth-order valence-corrected chi connectivity index (χ4v) is 2.82. The predicted octanol–water partition coefficient (Wildman–Crippen LogP) is 1.14. The topological polar surface area (TPSA) is 110 Å². The van der Waals surface area contributed by atoms with Crippen LogP contribution >= 0.6 is 0 Å². The van der Waals surface area contributed by atoms with Gasteiger partial charge in [0.2, 0.25) is 11.7 Å². The van der Waals surface area contributed by atoms with Crippen LogP contribution in [0.5, 0.6) is 0 Å². The highest BCUT2D eigenvalue weighted by Gasteiger charge is 2.34. The summed E-state index contributed by atoms with van der Waals surface area (Å²) in [7, 11) is 0. The van der Waals surface area contributed by atoms with Gasteiger partial charge in [-0.05, 0) is 23.6 Å². The Bertz CT molecular complexity index is 616. The number of benzene rings is 1. The average Bonchev–Trinajstić information content (AvgIpc) is 3.08. The maximum absolute atomic E-state index is 12.3. The van der Waals surface area contributed by atoms with E-state index in [0.29, 0.717) is 12.4 Å². The molecule has 1 heterocycles. The van der Waals surface area contributed by atoms with E-state index in [0.717, 1.165) is 36.8 Å². The van der Waals surface area contributed by atoms with Gasteiger partial charge in [-0.2, -0.15) is 5.21 Å². The van der Waals surface area contributed by atoms with E-state index in [-0.39, 0.29) is 5.91 Å². The molecule has 22 heavy (non-hydrogen) atoms. The Kier molecular flexibility index (Phi) is 4.15. The lowest BCUT2D eigenvalue weighted by Crippen LogP contribution is -2.54. The van der Waals surface area contributed by atoms with Crippen molar-refractivity contribution in [2.75, 3.05) is 0 Å². The lowest BCUT2D eigenvalue weighted by Gasteiger charge is -2.31. The second-order valence-electron chi connectivity index (χ2n) is 5.83. The number of H-pyrrole nitrogens is 1. The molecule has 1 aromatic heterocycles. The minimum absolute atomic E-state index is 0.0468. The second-order valence-corrected chi connectivity index (χ2v) is 5.83. The third-order valence-electron chi connectivity index (χ3n) is 4.21. The summed E-state index contributed by atoms with van der Waals surface area (Å²) >= 11 is 0. The van der Waals surface area contributed by atoms with Gasteiger partial charge in [0.15, 0.2) is 0 Å². The first-order chi connectivity index (χ1) is 10.7. The predicted molar refractivity (Wildman–Crippen MR) is 81.5 cm³/mol. The minimum atomic E-state index is -0.692. The van der Waals surface area contributed by atoms with Gasteiger partial charge in [0, 0.05) is 12.1 Å². The SMILES string of the molecule is NC1(C(=O)NCc2ccc(-c3nn[nH]n3)cc2)CCCCC1. The van der Waals surface area contributed by atoms with E-state index in [1.54, 1.807) is 0 Å². The molecule has 1 aromatic carbocycles. The van der Waals surface area contributed by atoms with Crippen LogP contribution in [0.25, 0.3) is 11.4 Å². The fourth-order valence-electron chi connectivity index (χ4n) is 2.82. The number of aromatic amines is 1. The lowest BCUT2D eigenvalue weighted by molar-refractivity contribution is -0.127. The van der Waals surface area contributed by atoms with E-state index in [1.807, 2.05) is 24.3 Å². The van der Waals surface area contributed by atoms with Crippen LogP contribution < -0.4 is 11.1 Å². The first kappa shape index (κ1) is 14.6. The zero-order valence-electron chi connectivity index (χ0n) is 12.4. The molecule has 7 nitrogen and oxygen atoms in total. The number of nitrogens with zero attached hydrogens (tertiary/aromatic N) is 3. The van der Waals surface area contributed by atoms with Crippen LogP contribution in [0.15, 0.2) is 24.3 Å². The quantitative estimate of drug-likeness (QED) is 0.784. The maximum Gasteiger partial charge on any atom is 0.240 e. The maximum atomic E-state index is 12.3. The summed E-state index contributed by atoms with van der Waals surface area (Å²) in [5.74, 6) is 0.508. The molecular formula is C15H20N6O. The monoisotopic (exact) mass is 300 g/mol. The van der Waals surface area contributed by atoms with Crippen molar-refractivity contribution in [3.63, 3.8) is 0 Å². The molecule has 1 aliphatic carbocycles. The van der Waals surface area contributed by atoms with Gasteiger partial charge in [0.05, 0.1) is 5.54 Å². The van der Waals surface area contributed by atoms with Crippen molar-refractivity contribution >= 4 is 5.91 Å². The molecule has 4 N–H and O–H groups in total. The van der Waals surface area contributed by atoms with Gasteiger partial charge in [0.25, 0.3) is 0 Å². The van der Waals surface area contributed by atoms with Crippen molar-refractivity contribution < 1.29 is 4.79 Å². The average molecular weight is 300 g/mol. The Morgan fingerprint density at radius 2 is 1.95 bits per heavy atom. The van der Waals surface area contributed by atoms with Crippen molar-refractivity contribution in [1.29, 1.82) is 0 Å². The van der Waals surface area contributed by atoms with Gasteiger partial charge < -0.3 is 11.1 Å². The van der Waals surface area contributed by atoms with Crippen LogP contribution in [0.4, 0.5) is 0 Å². The van der Waals surface area contributed by atoms with Crippen molar-refractivity contribution in [2.45, 2.75) is 44.2 Å². The first-order valence-corrected chi connectivity index (χ1v) is 7.57.